The predicted octanol–water partition coefficient (Wildman–Crippen LogP) is 0.472. The third-order valence-corrected chi connectivity index (χ3v) is 1.96. The molecule has 3 atom stereocenters. The first-order valence-corrected chi connectivity index (χ1v) is 4.00. The van der Waals surface area contributed by atoms with Crippen LogP contribution in [0.5, 0.6) is 0 Å². The lowest BCUT2D eigenvalue weighted by molar-refractivity contribution is -0.139. The number of rotatable bonds is 5. The van der Waals surface area contributed by atoms with Crippen molar-refractivity contribution in [2.24, 2.45) is 0 Å². The van der Waals surface area contributed by atoms with E-state index in [0.717, 1.165) is 0 Å². The number of hydrogen-bond acceptors (Lipinski definition) is 3. The second kappa shape index (κ2) is 5.11. The fourth-order valence-corrected chi connectivity index (χ4v) is 0.805. The van der Waals surface area contributed by atoms with Gasteiger partial charge in [-0.05, 0) is 20.8 Å². The average molecular weight is 175 g/mol. The van der Waals surface area contributed by atoms with Crippen LogP contribution in [0.1, 0.15) is 20.8 Å². The van der Waals surface area contributed by atoms with Gasteiger partial charge in [0.05, 0.1) is 6.10 Å². The lowest BCUT2D eigenvalue weighted by Crippen LogP contribution is -2.45. The fraction of sp³-hybridized carbons (Fsp3) is 0.875. The number of aliphatic carboxylic acids is 1. The van der Waals surface area contributed by atoms with Crippen LogP contribution in [0.25, 0.3) is 0 Å². The van der Waals surface area contributed by atoms with Gasteiger partial charge in [-0.1, -0.05) is 0 Å². The highest BCUT2D eigenvalue weighted by Crippen LogP contribution is 1.97. The third kappa shape index (κ3) is 3.69. The van der Waals surface area contributed by atoms with Crippen LogP contribution in [0.4, 0.5) is 0 Å². The zero-order valence-electron chi connectivity index (χ0n) is 8.00. The quantitative estimate of drug-likeness (QED) is 0.637. The van der Waals surface area contributed by atoms with E-state index in [2.05, 4.69) is 5.32 Å². The maximum Gasteiger partial charge on any atom is 0.320 e. The summed E-state index contributed by atoms with van der Waals surface area (Å²) in [6.07, 6.45) is 0.0202. The van der Waals surface area contributed by atoms with E-state index in [0.29, 0.717) is 0 Å². The van der Waals surface area contributed by atoms with Crippen molar-refractivity contribution in [1.29, 1.82) is 0 Å². The summed E-state index contributed by atoms with van der Waals surface area (Å²) in [6, 6.07) is -0.487. The lowest BCUT2D eigenvalue weighted by atomic mass is 10.2. The fourth-order valence-electron chi connectivity index (χ4n) is 0.805. The van der Waals surface area contributed by atoms with Crippen LogP contribution in [0.3, 0.4) is 0 Å². The summed E-state index contributed by atoms with van der Waals surface area (Å²) >= 11 is 0. The predicted molar refractivity (Wildman–Crippen MR) is 46.2 cm³/mol. The molecule has 0 saturated heterocycles. The Bertz CT molecular complexity index is 149. The van der Waals surface area contributed by atoms with Gasteiger partial charge >= 0.3 is 5.97 Å². The molecule has 0 spiro atoms. The van der Waals surface area contributed by atoms with Gasteiger partial charge in [-0.3, -0.25) is 10.1 Å². The molecule has 3 unspecified atom stereocenters. The summed E-state index contributed by atoms with van der Waals surface area (Å²) in [5.41, 5.74) is 0. The highest BCUT2D eigenvalue weighted by Gasteiger charge is 2.17. The molecule has 4 heteroatoms. The molecule has 0 amide bonds. The van der Waals surface area contributed by atoms with Gasteiger partial charge in [0.2, 0.25) is 0 Å². The Morgan fingerprint density at radius 3 is 2.25 bits per heavy atom. The average Bonchev–Trinajstić information content (AvgIpc) is 2.02. The Morgan fingerprint density at radius 2 is 1.92 bits per heavy atom. The van der Waals surface area contributed by atoms with E-state index in [9.17, 15) is 4.79 Å². The van der Waals surface area contributed by atoms with Crippen molar-refractivity contribution in [2.75, 3.05) is 7.11 Å². The van der Waals surface area contributed by atoms with E-state index in [-0.39, 0.29) is 12.1 Å². The van der Waals surface area contributed by atoms with Gasteiger partial charge < -0.3 is 9.84 Å². The Hall–Kier alpha value is -0.610. The van der Waals surface area contributed by atoms with E-state index in [4.69, 9.17) is 9.84 Å². The van der Waals surface area contributed by atoms with Crippen LogP contribution in [-0.4, -0.2) is 36.4 Å². The molecule has 0 aliphatic carbocycles. The first-order chi connectivity index (χ1) is 5.49. The molecule has 0 aromatic carbocycles. The number of carboxylic acids is 1. The molecule has 0 aliphatic heterocycles. The van der Waals surface area contributed by atoms with Gasteiger partial charge in [0.15, 0.2) is 0 Å². The molecule has 0 radical (unpaired) electrons. The second-order valence-electron chi connectivity index (χ2n) is 2.96. The number of methoxy groups -OCH3 is 1. The molecule has 2 N–H and O–H groups in total. The molecule has 0 bridgehead atoms. The van der Waals surface area contributed by atoms with Gasteiger partial charge in [0.1, 0.15) is 6.04 Å². The number of nitrogens with one attached hydrogen (secondary N) is 1. The maximum absolute atomic E-state index is 10.4. The van der Waals surface area contributed by atoms with Crippen LogP contribution in [-0.2, 0) is 9.53 Å². The van der Waals surface area contributed by atoms with Gasteiger partial charge in [-0.15, -0.1) is 0 Å². The third-order valence-electron chi connectivity index (χ3n) is 1.96. The maximum atomic E-state index is 10.4. The SMILES string of the molecule is COC(C)C(C)NC(C)C(=O)O. The molecule has 4 nitrogen and oxygen atoms in total. The number of ether oxygens (including phenoxy) is 1. The van der Waals surface area contributed by atoms with Crippen LogP contribution < -0.4 is 5.32 Å². The largest absolute Gasteiger partial charge is 0.480 e. The summed E-state index contributed by atoms with van der Waals surface area (Å²) in [6.45, 7) is 5.40. The van der Waals surface area contributed by atoms with Crippen LogP contribution in [0.2, 0.25) is 0 Å². The minimum Gasteiger partial charge on any atom is -0.480 e. The topological polar surface area (TPSA) is 58.6 Å². The van der Waals surface area contributed by atoms with Crippen molar-refractivity contribution < 1.29 is 14.6 Å². The van der Waals surface area contributed by atoms with Crippen molar-refractivity contribution in [2.45, 2.75) is 39.0 Å². The summed E-state index contributed by atoms with van der Waals surface area (Å²) in [5, 5.41) is 11.5. The molecular formula is C8H17NO3. The Morgan fingerprint density at radius 1 is 1.42 bits per heavy atom. The van der Waals surface area contributed by atoms with E-state index in [1.807, 2.05) is 13.8 Å². The smallest absolute Gasteiger partial charge is 0.320 e. The van der Waals surface area contributed by atoms with Crippen molar-refractivity contribution >= 4 is 5.97 Å². The van der Waals surface area contributed by atoms with E-state index >= 15 is 0 Å². The molecule has 12 heavy (non-hydrogen) atoms. The molecule has 0 fully saturated rings. The Kier molecular flexibility index (Phi) is 4.85. The standard InChI is InChI=1S/C8H17NO3/c1-5(7(3)12-4)9-6(2)8(10)11/h5-7,9H,1-4H3,(H,10,11). The van der Waals surface area contributed by atoms with Crippen molar-refractivity contribution in [3.8, 4) is 0 Å². The highest BCUT2D eigenvalue weighted by atomic mass is 16.5. The number of hydrogen-bond donors (Lipinski definition) is 2. The van der Waals surface area contributed by atoms with Crippen molar-refractivity contribution in [1.82, 2.24) is 5.32 Å². The Labute approximate surface area is 72.9 Å². The first kappa shape index (κ1) is 11.4. The molecular weight excluding hydrogens is 158 g/mol. The summed E-state index contributed by atoms with van der Waals surface area (Å²) in [5.74, 6) is -0.842. The van der Waals surface area contributed by atoms with Crippen LogP contribution in [0, 0.1) is 0 Å². The zero-order valence-corrected chi connectivity index (χ0v) is 8.00. The molecule has 0 saturated carbocycles. The van der Waals surface area contributed by atoms with E-state index in [1.165, 1.54) is 0 Å². The first-order valence-electron chi connectivity index (χ1n) is 4.00. The lowest BCUT2D eigenvalue weighted by Gasteiger charge is -2.22. The van der Waals surface area contributed by atoms with Gasteiger partial charge in [-0.25, -0.2) is 0 Å². The second-order valence-corrected chi connectivity index (χ2v) is 2.96. The van der Waals surface area contributed by atoms with E-state index in [1.54, 1.807) is 14.0 Å². The van der Waals surface area contributed by atoms with Crippen molar-refractivity contribution in [3.63, 3.8) is 0 Å². The number of carboxylic acid groups (broad SMARTS) is 1. The summed E-state index contributed by atoms with van der Waals surface area (Å²) in [4.78, 5) is 10.4. The molecule has 72 valence electrons. The molecule has 0 aromatic rings. The van der Waals surface area contributed by atoms with Gasteiger partial charge in [0.25, 0.3) is 0 Å². The van der Waals surface area contributed by atoms with Crippen molar-refractivity contribution in [3.05, 3.63) is 0 Å². The van der Waals surface area contributed by atoms with E-state index < -0.39 is 12.0 Å². The normalized spacial score (nSPS) is 18.3. The zero-order chi connectivity index (χ0) is 9.72. The Balaban J connectivity index is 3.83. The monoisotopic (exact) mass is 175 g/mol. The minimum atomic E-state index is -0.842. The number of carbonyl (C=O) groups is 1. The van der Waals surface area contributed by atoms with Crippen LogP contribution in [0.15, 0.2) is 0 Å². The molecule has 0 rings (SSSR count). The molecule has 0 aliphatic rings. The summed E-state index contributed by atoms with van der Waals surface area (Å²) in [7, 11) is 1.61. The summed E-state index contributed by atoms with van der Waals surface area (Å²) < 4.78 is 5.04. The van der Waals surface area contributed by atoms with Crippen LogP contribution >= 0.6 is 0 Å². The molecule has 0 aromatic heterocycles. The van der Waals surface area contributed by atoms with Gasteiger partial charge in [-0.2, -0.15) is 0 Å². The van der Waals surface area contributed by atoms with Gasteiger partial charge in [0, 0.05) is 13.2 Å². The minimum absolute atomic E-state index is 0.0202. The molecule has 0 heterocycles. The highest BCUT2D eigenvalue weighted by molar-refractivity contribution is 5.72.